The van der Waals surface area contributed by atoms with Crippen LogP contribution in [0.3, 0.4) is 0 Å². The van der Waals surface area contributed by atoms with Crippen LogP contribution in [0.15, 0.2) is 53.4 Å². The largest absolute Gasteiger partial charge is 0.291 e. The summed E-state index contributed by atoms with van der Waals surface area (Å²) < 4.78 is 26.7. The van der Waals surface area contributed by atoms with Crippen molar-refractivity contribution in [2.75, 3.05) is 10.8 Å². The van der Waals surface area contributed by atoms with E-state index in [2.05, 4.69) is 0 Å². The van der Waals surface area contributed by atoms with Crippen molar-refractivity contribution in [1.82, 2.24) is 0 Å². The SMILES string of the molecule is CCN(c1ccccc1)S(=O)(=O)c1ccc(Cl)cc1[N+](=O)[O-]. The van der Waals surface area contributed by atoms with E-state index in [9.17, 15) is 18.5 Å². The number of rotatable bonds is 5. The number of nitro benzene ring substituents is 1. The van der Waals surface area contributed by atoms with Crippen LogP contribution in [-0.4, -0.2) is 19.9 Å². The molecule has 8 heteroatoms. The summed E-state index contributed by atoms with van der Waals surface area (Å²) in [5.74, 6) is 0. The van der Waals surface area contributed by atoms with E-state index in [4.69, 9.17) is 11.6 Å². The van der Waals surface area contributed by atoms with Crippen molar-refractivity contribution in [2.24, 2.45) is 0 Å². The summed E-state index contributed by atoms with van der Waals surface area (Å²) in [5.41, 5.74) is -0.101. The fourth-order valence-electron chi connectivity index (χ4n) is 2.06. The van der Waals surface area contributed by atoms with E-state index in [1.54, 1.807) is 37.3 Å². The highest BCUT2D eigenvalue weighted by Crippen LogP contribution is 2.31. The molecular formula is C14H13ClN2O4S. The third kappa shape index (κ3) is 3.05. The first-order valence-electron chi connectivity index (χ1n) is 6.39. The highest BCUT2D eigenvalue weighted by molar-refractivity contribution is 7.93. The second kappa shape index (κ2) is 6.33. The Morgan fingerprint density at radius 3 is 2.36 bits per heavy atom. The Kier molecular flexibility index (Phi) is 4.68. The first-order chi connectivity index (χ1) is 10.4. The van der Waals surface area contributed by atoms with Crippen molar-refractivity contribution in [3.63, 3.8) is 0 Å². The van der Waals surface area contributed by atoms with E-state index < -0.39 is 20.6 Å². The standard InChI is InChI=1S/C14H13ClN2O4S/c1-2-16(12-6-4-3-5-7-12)22(20,21)14-9-8-11(15)10-13(14)17(18)19/h3-10H,2H2,1H3. The Bertz CT molecular complexity index is 794. The molecule has 0 aliphatic rings. The Morgan fingerprint density at radius 1 is 1.18 bits per heavy atom. The lowest BCUT2D eigenvalue weighted by atomic mass is 10.3. The van der Waals surface area contributed by atoms with E-state index in [1.165, 1.54) is 6.07 Å². The molecule has 0 radical (unpaired) electrons. The Morgan fingerprint density at radius 2 is 1.82 bits per heavy atom. The minimum atomic E-state index is -4.06. The Balaban J connectivity index is 2.62. The van der Waals surface area contributed by atoms with Gasteiger partial charge in [0.1, 0.15) is 0 Å². The number of anilines is 1. The van der Waals surface area contributed by atoms with Crippen LogP contribution in [0, 0.1) is 10.1 Å². The van der Waals surface area contributed by atoms with Crippen molar-refractivity contribution >= 4 is 33.0 Å². The molecule has 2 rings (SSSR count). The predicted octanol–water partition coefficient (Wildman–Crippen LogP) is 3.46. The average molecular weight is 341 g/mol. The molecular weight excluding hydrogens is 328 g/mol. The van der Waals surface area contributed by atoms with Gasteiger partial charge in [0, 0.05) is 17.6 Å². The summed E-state index contributed by atoms with van der Waals surface area (Å²) in [7, 11) is -4.06. The molecule has 0 aliphatic heterocycles. The minimum Gasteiger partial charge on any atom is -0.266 e. The predicted molar refractivity (Wildman–Crippen MR) is 84.8 cm³/mol. The van der Waals surface area contributed by atoms with Crippen LogP contribution in [0.4, 0.5) is 11.4 Å². The summed E-state index contributed by atoms with van der Waals surface area (Å²) in [6.07, 6.45) is 0. The highest BCUT2D eigenvalue weighted by atomic mass is 35.5. The van der Waals surface area contributed by atoms with Gasteiger partial charge >= 0.3 is 0 Å². The zero-order chi connectivity index (χ0) is 16.3. The third-order valence-electron chi connectivity index (χ3n) is 3.02. The van der Waals surface area contributed by atoms with Crippen LogP contribution in [0.25, 0.3) is 0 Å². The van der Waals surface area contributed by atoms with Gasteiger partial charge in [-0.2, -0.15) is 0 Å². The summed E-state index contributed by atoms with van der Waals surface area (Å²) >= 11 is 5.73. The Hall–Kier alpha value is -2.12. The van der Waals surface area contributed by atoms with Gasteiger partial charge in [0.15, 0.2) is 4.90 Å². The smallest absolute Gasteiger partial charge is 0.266 e. The molecule has 0 N–H and O–H groups in total. The maximum Gasteiger partial charge on any atom is 0.291 e. The maximum atomic E-state index is 12.8. The lowest BCUT2D eigenvalue weighted by molar-refractivity contribution is -0.387. The van der Waals surface area contributed by atoms with Crippen molar-refractivity contribution in [1.29, 1.82) is 0 Å². The van der Waals surface area contributed by atoms with Crippen LogP contribution in [-0.2, 0) is 10.0 Å². The number of nitro groups is 1. The summed E-state index contributed by atoms with van der Waals surface area (Å²) in [5, 5.41) is 11.2. The molecule has 0 spiro atoms. The van der Waals surface area contributed by atoms with Crippen molar-refractivity contribution < 1.29 is 13.3 Å². The molecule has 0 aromatic heterocycles. The van der Waals surface area contributed by atoms with Gasteiger partial charge in [0.25, 0.3) is 15.7 Å². The van der Waals surface area contributed by atoms with Gasteiger partial charge in [0.05, 0.1) is 10.6 Å². The molecule has 2 aromatic carbocycles. The maximum absolute atomic E-state index is 12.8. The van der Waals surface area contributed by atoms with E-state index >= 15 is 0 Å². The topological polar surface area (TPSA) is 80.5 Å². The second-order valence-corrected chi connectivity index (χ2v) is 6.64. The third-order valence-corrected chi connectivity index (χ3v) is 5.20. The fourth-order valence-corrected chi connectivity index (χ4v) is 3.84. The minimum absolute atomic E-state index is 0.105. The van der Waals surface area contributed by atoms with Gasteiger partial charge in [-0.05, 0) is 31.2 Å². The highest BCUT2D eigenvalue weighted by Gasteiger charge is 2.31. The molecule has 0 heterocycles. The molecule has 2 aromatic rings. The Labute approximate surface area is 133 Å². The second-order valence-electron chi connectivity index (χ2n) is 4.37. The average Bonchev–Trinajstić information content (AvgIpc) is 2.48. The fraction of sp³-hybridized carbons (Fsp3) is 0.143. The van der Waals surface area contributed by atoms with Crippen molar-refractivity contribution in [3.05, 3.63) is 63.7 Å². The van der Waals surface area contributed by atoms with Gasteiger partial charge in [0.2, 0.25) is 0 Å². The van der Waals surface area contributed by atoms with Crippen LogP contribution >= 0.6 is 11.6 Å². The molecule has 0 fully saturated rings. The summed E-state index contributed by atoms with van der Waals surface area (Å²) in [6, 6.07) is 11.9. The zero-order valence-electron chi connectivity index (χ0n) is 11.6. The molecule has 6 nitrogen and oxygen atoms in total. The van der Waals surface area contributed by atoms with Gasteiger partial charge in [-0.3, -0.25) is 14.4 Å². The van der Waals surface area contributed by atoms with E-state index in [0.717, 1.165) is 16.4 Å². The molecule has 116 valence electrons. The number of benzene rings is 2. The molecule has 22 heavy (non-hydrogen) atoms. The number of halogens is 1. The van der Waals surface area contributed by atoms with Gasteiger partial charge in [-0.15, -0.1) is 0 Å². The molecule has 0 saturated carbocycles. The van der Waals surface area contributed by atoms with Gasteiger partial charge in [-0.1, -0.05) is 29.8 Å². The molecule has 0 saturated heterocycles. The van der Waals surface area contributed by atoms with E-state index in [-0.39, 0.29) is 16.5 Å². The lowest BCUT2D eigenvalue weighted by Gasteiger charge is -2.22. The van der Waals surface area contributed by atoms with E-state index in [1.807, 2.05) is 0 Å². The van der Waals surface area contributed by atoms with Crippen molar-refractivity contribution in [2.45, 2.75) is 11.8 Å². The first kappa shape index (κ1) is 16.3. The lowest BCUT2D eigenvalue weighted by Crippen LogP contribution is -2.31. The molecule has 0 unspecified atom stereocenters. The van der Waals surface area contributed by atoms with E-state index in [0.29, 0.717) is 5.69 Å². The number of para-hydroxylation sites is 1. The van der Waals surface area contributed by atoms with Crippen molar-refractivity contribution in [3.8, 4) is 0 Å². The molecule has 0 atom stereocenters. The summed E-state index contributed by atoms with van der Waals surface area (Å²) in [4.78, 5) is 10.00. The molecule has 0 aliphatic carbocycles. The normalized spacial score (nSPS) is 11.2. The summed E-state index contributed by atoms with van der Waals surface area (Å²) in [6.45, 7) is 1.80. The van der Waals surface area contributed by atoms with Crippen LogP contribution in [0.1, 0.15) is 6.92 Å². The van der Waals surface area contributed by atoms with Crippen LogP contribution in [0.2, 0.25) is 5.02 Å². The van der Waals surface area contributed by atoms with Crippen LogP contribution in [0.5, 0.6) is 0 Å². The monoisotopic (exact) mass is 340 g/mol. The quantitative estimate of drug-likeness (QED) is 0.616. The van der Waals surface area contributed by atoms with Crippen LogP contribution < -0.4 is 4.31 Å². The zero-order valence-corrected chi connectivity index (χ0v) is 13.2. The van der Waals surface area contributed by atoms with Gasteiger partial charge in [-0.25, -0.2) is 8.42 Å². The number of hydrogen-bond donors (Lipinski definition) is 0. The molecule has 0 bridgehead atoms. The number of nitrogens with zero attached hydrogens (tertiary/aromatic N) is 2. The first-order valence-corrected chi connectivity index (χ1v) is 8.21. The number of hydrogen-bond acceptors (Lipinski definition) is 4. The van der Waals surface area contributed by atoms with Gasteiger partial charge < -0.3 is 0 Å². The number of sulfonamides is 1. The molecule has 0 amide bonds.